The van der Waals surface area contributed by atoms with Crippen molar-refractivity contribution in [3.05, 3.63) is 29.8 Å². The van der Waals surface area contributed by atoms with Crippen LogP contribution < -0.4 is 5.32 Å². The second kappa shape index (κ2) is 4.29. The lowest BCUT2D eigenvalue weighted by atomic mass is 9.99. The smallest absolute Gasteiger partial charge is 0.231 e. The van der Waals surface area contributed by atoms with Gasteiger partial charge < -0.3 is 9.88 Å². The Morgan fingerprint density at radius 1 is 1.47 bits per heavy atom. The van der Waals surface area contributed by atoms with Gasteiger partial charge in [0.05, 0.1) is 5.92 Å². The number of imidazole rings is 1. The second-order valence-electron chi connectivity index (χ2n) is 4.06. The summed E-state index contributed by atoms with van der Waals surface area (Å²) < 4.78 is 2.05. The molecule has 1 aliphatic rings. The zero-order chi connectivity index (χ0) is 11.7. The van der Waals surface area contributed by atoms with E-state index in [2.05, 4.69) is 19.9 Å². The molecular formula is C11H12N4OS. The van der Waals surface area contributed by atoms with Gasteiger partial charge in [-0.2, -0.15) is 0 Å². The molecule has 3 rings (SSSR count). The third-order valence-corrected chi connectivity index (χ3v) is 3.66. The highest BCUT2D eigenvalue weighted by Gasteiger charge is 2.25. The summed E-state index contributed by atoms with van der Waals surface area (Å²) in [6.07, 6.45) is 7.13. The molecule has 0 fully saturated rings. The van der Waals surface area contributed by atoms with Crippen molar-refractivity contribution in [3.8, 4) is 0 Å². The Hall–Kier alpha value is -1.69. The molecule has 0 saturated heterocycles. The van der Waals surface area contributed by atoms with Gasteiger partial charge in [-0.3, -0.25) is 4.79 Å². The lowest BCUT2D eigenvalue weighted by Gasteiger charge is -2.22. The van der Waals surface area contributed by atoms with Crippen molar-refractivity contribution in [3.63, 3.8) is 0 Å². The molecule has 17 heavy (non-hydrogen) atoms. The first-order valence-corrected chi connectivity index (χ1v) is 6.41. The van der Waals surface area contributed by atoms with Crippen molar-refractivity contribution in [2.24, 2.45) is 5.92 Å². The van der Waals surface area contributed by atoms with Crippen LogP contribution in [0.1, 0.15) is 12.2 Å². The van der Waals surface area contributed by atoms with Crippen LogP contribution in [-0.4, -0.2) is 20.4 Å². The predicted molar refractivity (Wildman–Crippen MR) is 64.8 cm³/mol. The first-order chi connectivity index (χ1) is 8.33. The highest BCUT2D eigenvalue weighted by atomic mass is 32.1. The van der Waals surface area contributed by atoms with Gasteiger partial charge in [0.1, 0.15) is 5.82 Å². The minimum absolute atomic E-state index is 0.0144. The molecule has 1 unspecified atom stereocenters. The summed E-state index contributed by atoms with van der Waals surface area (Å²) in [5.41, 5.74) is 0. The number of hydrogen-bond donors (Lipinski definition) is 1. The van der Waals surface area contributed by atoms with E-state index in [1.54, 1.807) is 12.4 Å². The van der Waals surface area contributed by atoms with E-state index < -0.39 is 0 Å². The van der Waals surface area contributed by atoms with Crippen molar-refractivity contribution in [2.75, 3.05) is 5.32 Å². The molecule has 2 aromatic heterocycles. The maximum atomic E-state index is 12.0. The molecule has 0 spiro atoms. The van der Waals surface area contributed by atoms with Crippen LogP contribution in [0.2, 0.25) is 0 Å². The Balaban J connectivity index is 1.68. The van der Waals surface area contributed by atoms with Crippen LogP contribution in [0.25, 0.3) is 0 Å². The van der Waals surface area contributed by atoms with Crippen molar-refractivity contribution < 1.29 is 4.79 Å². The number of thiazole rings is 1. The first kappa shape index (κ1) is 10.5. The summed E-state index contributed by atoms with van der Waals surface area (Å²) in [5, 5.41) is 5.37. The normalized spacial score (nSPS) is 18.7. The molecule has 3 heterocycles. The Kier molecular flexibility index (Phi) is 2.64. The Morgan fingerprint density at radius 2 is 2.41 bits per heavy atom. The van der Waals surface area contributed by atoms with Gasteiger partial charge in [-0.1, -0.05) is 0 Å². The maximum absolute atomic E-state index is 12.0. The van der Waals surface area contributed by atoms with Crippen molar-refractivity contribution >= 4 is 22.4 Å². The first-order valence-electron chi connectivity index (χ1n) is 5.53. The number of fused-ring (bicyclic) bond motifs is 1. The SMILES string of the molecule is O=C(Nc1nccs1)C1CCc2nccn2C1. The van der Waals surface area contributed by atoms with Crippen LogP contribution in [-0.2, 0) is 17.8 Å². The number of aromatic nitrogens is 3. The van der Waals surface area contributed by atoms with Crippen molar-refractivity contribution in [1.82, 2.24) is 14.5 Å². The molecular weight excluding hydrogens is 236 g/mol. The third-order valence-electron chi connectivity index (χ3n) is 2.97. The van der Waals surface area contributed by atoms with Gasteiger partial charge in [0.25, 0.3) is 0 Å². The third kappa shape index (κ3) is 2.08. The number of rotatable bonds is 2. The lowest BCUT2D eigenvalue weighted by molar-refractivity contribution is -0.120. The number of nitrogens with zero attached hydrogens (tertiary/aromatic N) is 3. The van der Waals surface area contributed by atoms with E-state index in [-0.39, 0.29) is 11.8 Å². The van der Waals surface area contributed by atoms with Gasteiger partial charge in [-0.25, -0.2) is 9.97 Å². The summed E-state index contributed by atoms with van der Waals surface area (Å²) in [5.74, 6) is 1.14. The highest BCUT2D eigenvalue weighted by Crippen LogP contribution is 2.21. The summed E-state index contributed by atoms with van der Waals surface area (Å²) in [6.45, 7) is 0.715. The lowest BCUT2D eigenvalue weighted by Crippen LogP contribution is -2.31. The topological polar surface area (TPSA) is 59.8 Å². The largest absolute Gasteiger partial charge is 0.334 e. The van der Waals surface area contributed by atoms with E-state index in [9.17, 15) is 4.79 Å². The standard InChI is InChI=1S/C11H12N4OS/c16-10(14-11-13-4-6-17-11)8-1-2-9-12-3-5-15(9)7-8/h3-6,8H,1-2,7H2,(H,13,14,16). The van der Waals surface area contributed by atoms with Gasteiger partial charge >= 0.3 is 0 Å². The molecule has 1 amide bonds. The van der Waals surface area contributed by atoms with Crippen LogP contribution >= 0.6 is 11.3 Å². The fraction of sp³-hybridized carbons (Fsp3) is 0.364. The zero-order valence-electron chi connectivity index (χ0n) is 9.17. The van der Waals surface area contributed by atoms with Gasteiger partial charge in [0, 0.05) is 36.9 Å². The summed E-state index contributed by atoms with van der Waals surface area (Å²) >= 11 is 1.44. The number of carbonyl (C=O) groups is 1. The van der Waals surface area contributed by atoms with E-state index >= 15 is 0 Å². The monoisotopic (exact) mass is 248 g/mol. The molecule has 88 valence electrons. The van der Waals surface area contributed by atoms with E-state index in [0.717, 1.165) is 18.7 Å². The highest BCUT2D eigenvalue weighted by molar-refractivity contribution is 7.13. The van der Waals surface area contributed by atoms with Crippen LogP contribution in [0, 0.1) is 5.92 Å². The predicted octanol–water partition coefficient (Wildman–Crippen LogP) is 1.54. The van der Waals surface area contributed by atoms with E-state index in [1.165, 1.54) is 11.3 Å². The zero-order valence-corrected chi connectivity index (χ0v) is 9.98. The van der Waals surface area contributed by atoms with Crippen LogP contribution in [0.15, 0.2) is 24.0 Å². The maximum Gasteiger partial charge on any atom is 0.231 e. The molecule has 1 N–H and O–H groups in total. The number of carbonyl (C=O) groups excluding carboxylic acids is 1. The van der Waals surface area contributed by atoms with Crippen LogP contribution in [0.3, 0.4) is 0 Å². The van der Waals surface area contributed by atoms with E-state index in [0.29, 0.717) is 11.7 Å². The van der Waals surface area contributed by atoms with Crippen LogP contribution in [0.4, 0.5) is 5.13 Å². The second-order valence-corrected chi connectivity index (χ2v) is 4.95. The van der Waals surface area contributed by atoms with Gasteiger partial charge in [-0.15, -0.1) is 11.3 Å². The number of nitrogens with one attached hydrogen (secondary N) is 1. The van der Waals surface area contributed by atoms with Crippen LogP contribution in [0.5, 0.6) is 0 Å². The number of aryl methyl sites for hydroxylation is 1. The molecule has 6 heteroatoms. The quantitative estimate of drug-likeness (QED) is 0.877. The summed E-state index contributed by atoms with van der Waals surface area (Å²) in [6, 6.07) is 0. The molecule has 0 saturated carbocycles. The molecule has 2 aromatic rings. The van der Waals surface area contributed by atoms with Gasteiger partial charge in [0.15, 0.2) is 5.13 Å². The fourth-order valence-corrected chi connectivity index (χ4v) is 2.60. The molecule has 1 aliphatic heterocycles. The Bertz CT molecular complexity index is 519. The van der Waals surface area contributed by atoms with Gasteiger partial charge in [0.2, 0.25) is 5.91 Å². The van der Waals surface area contributed by atoms with E-state index in [4.69, 9.17) is 0 Å². The van der Waals surface area contributed by atoms with E-state index in [1.807, 2.05) is 11.6 Å². The van der Waals surface area contributed by atoms with Crippen molar-refractivity contribution in [2.45, 2.75) is 19.4 Å². The minimum Gasteiger partial charge on any atom is -0.334 e. The molecule has 5 nitrogen and oxygen atoms in total. The number of amides is 1. The molecule has 0 bridgehead atoms. The average molecular weight is 248 g/mol. The average Bonchev–Trinajstić information content (AvgIpc) is 2.97. The van der Waals surface area contributed by atoms with Crippen molar-refractivity contribution in [1.29, 1.82) is 0 Å². The number of hydrogen-bond acceptors (Lipinski definition) is 4. The summed E-state index contributed by atoms with van der Waals surface area (Å²) in [4.78, 5) is 20.3. The minimum atomic E-state index is 0.0144. The molecule has 1 atom stereocenters. The molecule has 0 radical (unpaired) electrons. The fourth-order valence-electron chi connectivity index (χ4n) is 2.07. The van der Waals surface area contributed by atoms with Gasteiger partial charge in [-0.05, 0) is 6.42 Å². The molecule has 0 aliphatic carbocycles. The number of anilines is 1. The molecule has 0 aromatic carbocycles. The summed E-state index contributed by atoms with van der Waals surface area (Å²) in [7, 11) is 0. The Morgan fingerprint density at radius 3 is 3.24 bits per heavy atom. The Labute approximate surface area is 103 Å².